The largest absolute Gasteiger partial charge is 0.378 e. The van der Waals surface area contributed by atoms with E-state index in [9.17, 15) is 13.6 Å². The number of halogens is 2. The van der Waals surface area contributed by atoms with E-state index < -0.39 is 17.9 Å². The monoisotopic (exact) mass is 452 g/mol. The first-order chi connectivity index (χ1) is 16.0. The molecule has 3 N–H and O–H groups in total. The number of aromatic nitrogens is 3. The zero-order chi connectivity index (χ0) is 22.9. The van der Waals surface area contributed by atoms with Crippen LogP contribution < -0.4 is 16.0 Å². The molecule has 5 rings (SSSR count). The topological polar surface area (TPSA) is 83.9 Å². The summed E-state index contributed by atoms with van der Waals surface area (Å²) in [6.07, 6.45) is 8.50. The molecule has 2 fully saturated rings. The van der Waals surface area contributed by atoms with Crippen molar-refractivity contribution < 1.29 is 13.6 Å². The van der Waals surface area contributed by atoms with Gasteiger partial charge in [-0.25, -0.2) is 13.5 Å². The smallest absolute Gasteiger partial charge is 0.254 e. The van der Waals surface area contributed by atoms with Gasteiger partial charge >= 0.3 is 0 Å². The molecule has 1 aromatic carbocycles. The molecule has 3 heterocycles. The van der Waals surface area contributed by atoms with Crippen molar-refractivity contribution in [1.82, 2.24) is 25.4 Å². The number of pyridine rings is 1. The summed E-state index contributed by atoms with van der Waals surface area (Å²) in [6.45, 7) is 2.89. The van der Waals surface area contributed by atoms with E-state index in [1.54, 1.807) is 30.2 Å². The van der Waals surface area contributed by atoms with E-state index >= 15 is 0 Å². The van der Waals surface area contributed by atoms with Crippen LogP contribution in [0.2, 0.25) is 0 Å². The third-order valence-electron chi connectivity index (χ3n) is 6.10. The fraction of sp³-hybridized carbons (Fsp3) is 0.375. The van der Waals surface area contributed by atoms with Crippen LogP contribution in [0.4, 0.5) is 14.5 Å². The Morgan fingerprint density at radius 1 is 1.15 bits per heavy atom. The van der Waals surface area contributed by atoms with Gasteiger partial charge in [-0.3, -0.25) is 9.78 Å². The lowest BCUT2D eigenvalue weighted by Crippen LogP contribution is -2.45. The van der Waals surface area contributed by atoms with Crippen molar-refractivity contribution in [1.29, 1.82) is 0 Å². The molecule has 2 aliphatic rings. The highest BCUT2D eigenvalue weighted by molar-refractivity contribution is 5.95. The maximum atomic E-state index is 14.5. The van der Waals surface area contributed by atoms with Gasteiger partial charge in [-0.1, -0.05) is 0 Å². The average Bonchev–Trinajstić information content (AvgIpc) is 3.47. The zero-order valence-electron chi connectivity index (χ0n) is 18.3. The van der Waals surface area contributed by atoms with Crippen molar-refractivity contribution in [3.05, 3.63) is 59.9 Å². The fourth-order valence-electron chi connectivity index (χ4n) is 4.05. The van der Waals surface area contributed by atoms with Crippen LogP contribution in [-0.2, 0) is 0 Å². The molecule has 1 saturated heterocycles. The standard InChI is InChI=1S/C24H26F2N6O/c1-14-6-20(25)19(24(33)31-17-2-3-17)8-23(14)32-13-16(10-29-32)15-7-18(11-28-9-15)30-22-4-5-27-12-21(22)26/h6-11,13,17,21-22,27,30H,2-5,12H2,1H3,(H,31,33)/t21-,22+/m1/s1. The second-order valence-electron chi connectivity index (χ2n) is 8.76. The van der Waals surface area contributed by atoms with Crippen molar-refractivity contribution >= 4 is 11.6 Å². The van der Waals surface area contributed by atoms with Gasteiger partial charge in [-0.15, -0.1) is 0 Å². The molecule has 0 unspecified atom stereocenters. The lowest BCUT2D eigenvalue weighted by Gasteiger charge is -2.28. The number of amides is 1. The maximum Gasteiger partial charge on any atom is 0.254 e. The second-order valence-corrected chi connectivity index (χ2v) is 8.76. The normalized spacial score (nSPS) is 20.5. The molecule has 7 nitrogen and oxygen atoms in total. The molecule has 0 spiro atoms. The first kappa shape index (κ1) is 21.5. The number of piperidine rings is 1. The summed E-state index contributed by atoms with van der Waals surface area (Å²) in [7, 11) is 0. The quantitative estimate of drug-likeness (QED) is 0.534. The molecule has 1 aliphatic heterocycles. The van der Waals surface area contributed by atoms with Gasteiger partial charge in [0.05, 0.1) is 29.2 Å². The summed E-state index contributed by atoms with van der Waals surface area (Å²) >= 11 is 0. The highest BCUT2D eigenvalue weighted by Gasteiger charge is 2.26. The van der Waals surface area contributed by atoms with E-state index in [4.69, 9.17) is 0 Å². The van der Waals surface area contributed by atoms with Gasteiger partial charge in [0, 0.05) is 42.3 Å². The number of aryl methyl sites for hydroxylation is 1. The number of nitrogens with zero attached hydrogens (tertiary/aromatic N) is 3. The first-order valence-corrected chi connectivity index (χ1v) is 11.2. The minimum Gasteiger partial charge on any atom is -0.378 e. The van der Waals surface area contributed by atoms with Gasteiger partial charge in [0.15, 0.2) is 0 Å². The Labute approximate surface area is 190 Å². The van der Waals surface area contributed by atoms with Gasteiger partial charge < -0.3 is 16.0 Å². The van der Waals surface area contributed by atoms with Gasteiger partial charge in [0.1, 0.15) is 12.0 Å². The number of carbonyl (C=O) groups is 1. The summed E-state index contributed by atoms with van der Waals surface area (Å²) in [5, 5.41) is 13.5. The predicted octanol–water partition coefficient (Wildman–Crippen LogP) is 3.39. The third-order valence-corrected chi connectivity index (χ3v) is 6.10. The third kappa shape index (κ3) is 4.73. The second kappa shape index (κ2) is 8.90. The van der Waals surface area contributed by atoms with Crippen LogP contribution in [0.5, 0.6) is 0 Å². The number of anilines is 1. The fourth-order valence-corrected chi connectivity index (χ4v) is 4.05. The van der Waals surface area contributed by atoms with Crippen LogP contribution in [0.25, 0.3) is 16.8 Å². The average molecular weight is 453 g/mol. The number of hydrogen-bond acceptors (Lipinski definition) is 5. The maximum absolute atomic E-state index is 14.5. The van der Waals surface area contributed by atoms with Crippen molar-refractivity contribution in [2.45, 2.75) is 44.4 Å². The van der Waals surface area contributed by atoms with Gasteiger partial charge in [0.25, 0.3) is 5.91 Å². The molecule has 172 valence electrons. The van der Waals surface area contributed by atoms with Crippen LogP contribution in [0.15, 0.2) is 43.0 Å². The number of rotatable bonds is 6. The molecule has 2 atom stereocenters. The molecule has 0 bridgehead atoms. The minimum atomic E-state index is -0.960. The van der Waals surface area contributed by atoms with Gasteiger partial charge in [-0.05, 0) is 56.5 Å². The first-order valence-electron chi connectivity index (χ1n) is 11.2. The molecule has 33 heavy (non-hydrogen) atoms. The lowest BCUT2D eigenvalue weighted by molar-refractivity contribution is 0.0947. The Morgan fingerprint density at radius 2 is 2.00 bits per heavy atom. The van der Waals surface area contributed by atoms with E-state index in [0.717, 1.165) is 36.2 Å². The Kier molecular flexibility index (Phi) is 5.80. The van der Waals surface area contributed by atoms with Gasteiger partial charge in [0.2, 0.25) is 0 Å². The number of benzene rings is 1. The summed E-state index contributed by atoms with van der Waals surface area (Å²) in [6, 6.07) is 4.69. The van der Waals surface area contributed by atoms with Gasteiger partial charge in [-0.2, -0.15) is 5.10 Å². The zero-order valence-corrected chi connectivity index (χ0v) is 18.3. The molecular weight excluding hydrogens is 426 g/mol. The van der Waals surface area contributed by atoms with Crippen molar-refractivity contribution in [3.63, 3.8) is 0 Å². The van der Waals surface area contributed by atoms with Crippen LogP contribution in [-0.4, -0.2) is 52.0 Å². The highest BCUT2D eigenvalue weighted by Crippen LogP contribution is 2.26. The molecule has 1 aliphatic carbocycles. The summed E-state index contributed by atoms with van der Waals surface area (Å²) in [4.78, 5) is 16.7. The van der Waals surface area contributed by atoms with E-state index in [1.807, 2.05) is 12.3 Å². The lowest BCUT2D eigenvalue weighted by atomic mass is 10.0. The number of nitrogens with one attached hydrogen (secondary N) is 3. The SMILES string of the molecule is Cc1cc(F)c(C(=O)NC2CC2)cc1-n1cc(-c2cncc(N[C@H]3CCNC[C@H]3F)c2)cn1. The van der Waals surface area contributed by atoms with Crippen molar-refractivity contribution in [3.8, 4) is 16.8 Å². The summed E-state index contributed by atoms with van der Waals surface area (Å²) in [5.74, 6) is -0.954. The molecule has 1 amide bonds. The van der Waals surface area contributed by atoms with E-state index in [2.05, 4.69) is 26.0 Å². The van der Waals surface area contributed by atoms with Crippen LogP contribution in [0, 0.1) is 12.7 Å². The molecular formula is C24H26F2N6O. The Morgan fingerprint density at radius 3 is 2.79 bits per heavy atom. The number of hydrogen-bond donors (Lipinski definition) is 3. The van der Waals surface area contributed by atoms with Crippen molar-refractivity contribution in [2.75, 3.05) is 18.4 Å². The van der Waals surface area contributed by atoms with E-state index in [1.165, 1.54) is 12.1 Å². The predicted molar refractivity (Wildman–Crippen MR) is 122 cm³/mol. The van der Waals surface area contributed by atoms with Crippen LogP contribution in [0.1, 0.15) is 35.2 Å². The molecule has 2 aromatic heterocycles. The Bertz CT molecular complexity index is 1180. The number of alkyl halides is 1. The molecule has 0 radical (unpaired) electrons. The van der Waals surface area contributed by atoms with Crippen LogP contribution in [0.3, 0.4) is 0 Å². The number of carbonyl (C=O) groups excluding carboxylic acids is 1. The van der Waals surface area contributed by atoms with Crippen molar-refractivity contribution in [2.24, 2.45) is 0 Å². The summed E-state index contributed by atoms with van der Waals surface area (Å²) in [5.41, 5.74) is 3.67. The molecule has 1 saturated carbocycles. The van der Waals surface area contributed by atoms with E-state index in [-0.39, 0.29) is 17.6 Å². The minimum absolute atomic E-state index is 0.00941. The van der Waals surface area contributed by atoms with E-state index in [0.29, 0.717) is 24.2 Å². The molecule has 3 aromatic rings. The highest BCUT2D eigenvalue weighted by atomic mass is 19.1. The molecule has 9 heteroatoms. The Balaban J connectivity index is 1.39. The van der Waals surface area contributed by atoms with Crippen LogP contribution >= 0.6 is 0 Å². The Hall–Kier alpha value is -3.33. The summed E-state index contributed by atoms with van der Waals surface area (Å²) < 4.78 is 30.3.